The van der Waals surface area contributed by atoms with Gasteiger partial charge in [-0.15, -0.1) is 0 Å². The van der Waals surface area contributed by atoms with Crippen molar-refractivity contribution >= 4 is 16.8 Å². The van der Waals surface area contributed by atoms with E-state index in [1.165, 1.54) is 12.8 Å². The predicted octanol–water partition coefficient (Wildman–Crippen LogP) is 5.34. The van der Waals surface area contributed by atoms with Crippen molar-refractivity contribution in [3.05, 3.63) is 93.8 Å². The van der Waals surface area contributed by atoms with Gasteiger partial charge in [0.1, 0.15) is 30.3 Å². The topological polar surface area (TPSA) is 91.3 Å². The number of pyridine rings is 1. The molecule has 2 heterocycles. The van der Waals surface area contributed by atoms with Crippen LogP contribution in [-0.2, 0) is 13.2 Å². The normalized spacial score (nSPS) is 14.9. The fraction of sp³-hybridized carbons (Fsp3) is 0.371. The highest BCUT2D eigenvalue weighted by atomic mass is 16.5. The summed E-state index contributed by atoms with van der Waals surface area (Å²) in [6.07, 6.45) is 6.09. The second kappa shape index (κ2) is 13.4. The molecule has 3 aromatic carbocycles. The Kier molecular flexibility index (Phi) is 9.02. The van der Waals surface area contributed by atoms with Crippen molar-refractivity contribution in [2.45, 2.75) is 44.9 Å². The van der Waals surface area contributed by atoms with E-state index in [4.69, 9.17) is 18.9 Å². The molecule has 1 aromatic heterocycles. The maximum absolute atomic E-state index is 13.8. The molecule has 4 aromatic rings. The van der Waals surface area contributed by atoms with Gasteiger partial charge >= 0.3 is 0 Å². The van der Waals surface area contributed by atoms with Crippen LogP contribution in [0.25, 0.3) is 10.9 Å². The molecule has 0 spiro atoms. The summed E-state index contributed by atoms with van der Waals surface area (Å²) in [5.41, 5.74) is 2.47. The minimum atomic E-state index is -0.342. The van der Waals surface area contributed by atoms with Crippen LogP contribution in [0.3, 0.4) is 0 Å². The highest BCUT2D eigenvalue weighted by Crippen LogP contribution is 2.40. The van der Waals surface area contributed by atoms with Crippen LogP contribution in [0, 0.1) is 0 Å². The molecule has 1 N–H and O–H groups in total. The van der Waals surface area contributed by atoms with Gasteiger partial charge in [-0.2, -0.15) is 0 Å². The van der Waals surface area contributed by atoms with Crippen LogP contribution in [0.2, 0.25) is 0 Å². The van der Waals surface area contributed by atoms with Gasteiger partial charge < -0.3 is 33.7 Å². The first-order valence-corrected chi connectivity index (χ1v) is 15.3. The molecule has 1 saturated heterocycles. The molecule has 0 bridgehead atoms. The van der Waals surface area contributed by atoms with Crippen molar-refractivity contribution < 1.29 is 23.7 Å². The number of carbonyl (C=O) groups is 1. The lowest BCUT2D eigenvalue weighted by Gasteiger charge is -2.18. The molecule has 2 aliphatic rings. The molecular formula is C35H39N3O6. The van der Waals surface area contributed by atoms with Crippen molar-refractivity contribution in [1.82, 2.24) is 14.8 Å². The number of nitrogens with one attached hydrogen (secondary N) is 1. The summed E-state index contributed by atoms with van der Waals surface area (Å²) in [4.78, 5) is 29.4. The van der Waals surface area contributed by atoms with Gasteiger partial charge in [-0.05, 0) is 80.2 Å². The van der Waals surface area contributed by atoms with Crippen LogP contribution in [0.1, 0.15) is 53.2 Å². The second-order valence-electron chi connectivity index (χ2n) is 11.4. The van der Waals surface area contributed by atoms with Crippen molar-refractivity contribution in [2.75, 3.05) is 40.4 Å². The van der Waals surface area contributed by atoms with Crippen LogP contribution in [0.5, 0.6) is 23.0 Å². The molecule has 230 valence electrons. The number of hydrogen-bond acceptors (Lipinski definition) is 7. The summed E-state index contributed by atoms with van der Waals surface area (Å²) in [7, 11) is 3.26. The lowest BCUT2D eigenvalue weighted by molar-refractivity contribution is 0.0948. The third-order valence-corrected chi connectivity index (χ3v) is 8.30. The molecule has 9 heteroatoms. The molecule has 44 heavy (non-hydrogen) atoms. The molecule has 0 radical (unpaired) electrons. The first kappa shape index (κ1) is 29.6. The summed E-state index contributed by atoms with van der Waals surface area (Å²) in [5.74, 6) is 2.15. The third kappa shape index (κ3) is 6.83. The van der Waals surface area contributed by atoms with E-state index in [2.05, 4.69) is 14.8 Å². The molecule has 9 nitrogen and oxygen atoms in total. The monoisotopic (exact) mass is 597 g/mol. The second-order valence-corrected chi connectivity index (χ2v) is 11.4. The minimum absolute atomic E-state index is 0.152. The lowest BCUT2D eigenvalue weighted by atomic mass is 10.1. The van der Waals surface area contributed by atoms with Crippen molar-refractivity contribution in [2.24, 2.45) is 0 Å². The van der Waals surface area contributed by atoms with Crippen LogP contribution >= 0.6 is 0 Å². The zero-order chi connectivity index (χ0) is 30.5. The van der Waals surface area contributed by atoms with E-state index in [9.17, 15) is 9.59 Å². The van der Waals surface area contributed by atoms with E-state index in [1.54, 1.807) is 26.5 Å². The molecule has 1 aliphatic heterocycles. The Labute approximate surface area is 257 Å². The van der Waals surface area contributed by atoms with Crippen LogP contribution < -0.4 is 29.7 Å². The molecule has 2 fully saturated rings. The van der Waals surface area contributed by atoms with Crippen LogP contribution in [-0.4, -0.2) is 55.8 Å². The summed E-state index contributed by atoms with van der Waals surface area (Å²) in [6, 6.07) is 19.1. The fourth-order valence-electron chi connectivity index (χ4n) is 5.59. The number of rotatable bonds is 13. The van der Waals surface area contributed by atoms with E-state index in [1.807, 2.05) is 54.6 Å². The van der Waals surface area contributed by atoms with Crippen LogP contribution in [0.4, 0.5) is 0 Å². The zero-order valence-electron chi connectivity index (χ0n) is 25.3. The standard InChI is InChI=1S/C35H39N3O6/c1-41-27-11-5-24(6-12-27)22-43-32-19-29-31(20-33(32)44-23-25-7-13-28(42-2)14-8-25)38(26-9-10-26)21-30(34(29)39)35(40)36-15-18-37-16-3-4-17-37/h5-8,11-14,19-21,26H,3-4,9-10,15-18,22-23H2,1-2H3,(H,36,40). The van der Waals surface area contributed by atoms with Crippen molar-refractivity contribution in [3.8, 4) is 23.0 Å². The molecule has 1 aliphatic carbocycles. The van der Waals surface area contributed by atoms with Gasteiger partial charge in [-0.1, -0.05) is 24.3 Å². The molecule has 6 rings (SSSR count). The molecule has 0 unspecified atom stereocenters. The van der Waals surface area contributed by atoms with Crippen molar-refractivity contribution in [1.29, 1.82) is 0 Å². The Morgan fingerprint density at radius 2 is 1.41 bits per heavy atom. The zero-order valence-corrected chi connectivity index (χ0v) is 25.3. The number of likely N-dealkylation sites (tertiary alicyclic amines) is 1. The summed E-state index contributed by atoms with van der Waals surface area (Å²) in [5, 5.41) is 3.41. The molecular weight excluding hydrogens is 558 g/mol. The van der Waals surface area contributed by atoms with E-state index in [0.29, 0.717) is 30.0 Å². The van der Waals surface area contributed by atoms with Gasteiger partial charge in [-0.25, -0.2) is 0 Å². The largest absolute Gasteiger partial charge is 0.497 e. The Bertz CT molecular complexity index is 1660. The number of benzene rings is 3. The number of ether oxygens (including phenoxy) is 4. The van der Waals surface area contributed by atoms with Gasteiger partial charge in [0.25, 0.3) is 5.91 Å². The SMILES string of the molecule is COc1ccc(COc2cc3c(=O)c(C(=O)NCCN4CCCC4)cn(C4CC4)c3cc2OCc2ccc(OC)cc2)cc1. The van der Waals surface area contributed by atoms with E-state index < -0.39 is 0 Å². The number of nitrogens with zero attached hydrogens (tertiary/aromatic N) is 2. The van der Waals surface area contributed by atoms with E-state index >= 15 is 0 Å². The van der Waals surface area contributed by atoms with Gasteiger partial charge in [0.2, 0.25) is 5.43 Å². The van der Waals surface area contributed by atoms with Gasteiger partial charge in [0.05, 0.1) is 25.1 Å². The number of aromatic nitrogens is 1. The highest BCUT2D eigenvalue weighted by molar-refractivity contribution is 5.98. The van der Waals surface area contributed by atoms with E-state index in [0.717, 1.165) is 60.6 Å². The summed E-state index contributed by atoms with van der Waals surface area (Å²) in [6.45, 7) is 3.98. The third-order valence-electron chi connectivity index (χ3n) is 8.30. The lowest BCUT2D eigenvalue weighted by Crippen LogP contribution is -2.35. The van der Waals surface area contributed by atoms with Gasteiger partial charge in [-0.3, -0.25) is 9.59 Å². The Balaban J connectivity index is 1.32. The number of methoxy groups -OCH3 is 2. The summed E-state index contributed by atoms with van der Waals surface area (Å²) >= 11 is 0. The summed E-state index contributed by atoms with van der Waals surface area (Å²) < 4.78 is 25.2. The first-order chi connectivity index (χ1) is 21.5. The number of carbonyl (C=O) groups excluding carboxylic acids is 1. The number of amides is 1. The average Bonchev–Trinajstić information content (AvgIpc) is 3.77. The average molecular weight is 598 g/mol. The molecule has 1 saturated carbocycles. The van der Waals surface area contributed by atoms with E-state index in [-0.39, 0.29) is 29.5 Å². The Hall–Kier alpha value is -4.50. The number of fused-ring (bicyclic) bond motifs is 1. The van der Waals surface area contributed by atoms with Gasteiger partial charge in [0, 0.05) is 31.4 Å². The fourth-order valence-corrected chi connectivity index (χ4v) is 5.59. The van der Waals surface area contributed by atoms with Gasteiger partial charge in [0.15, 0.2) is 11.5 Å². The molecule has 0 atom stereocenters. The molecule has 1 amide bonds. The Morgan fingerprint density at radius 1 is 0.841 bits per heavy atom. The number of hydrogen-bond donors (Lipinski definition) is 1. The first-order valence-electron chi connectivity index (χ1n) is 15.3. The van der Waals surface area contributed by atoms with Crippen molar-refractivity contribution in [3.63, 3.8) is 0 Å². The smallest absolute Gasteiger partial charge is 0.256 e. The Morgan fingerprint density at radius 3 is 1.95 bits per heavy atom. The quantitative estimate of drug-likeness (QED) is 0.223. The minimum Gasteiger partial charge on any atom is -0.497 e. The maximum atomic E-state index is 13.8. The van der Waals surface area contributed by atoms with Crippen LogP contribution in [0.15, 0.2) is 71.7 Å². The highest BCUT2D eigenvalue weighted by Gasteiger charge is 2.28. The predicted molar refractivity (Wildman–Crippen MR) is 169 cm³/mol. The maximum Gasteiger partial charge on any atom is 0.256 e.